The number of benzene rings is 2. The Morgan fingerprint density at radius 1 is 0.737 bits per heavy atom. The Morgan fingerprint density at radius 2 is 1.13 bits per heavy atom. The summed E-state index contributed by atoms with van der Waals surface area (Å²) in [7, 11) is -15.2. The van der Waals surface area contributed by atoms with Crippen molar-refractivity contribution in [1.82, 2.24) is 0 Å². The van der Waals surface area contributed by atoms with Crippen LogP contribution >= 0.6 is 0 Å². The molecule has 0 aromatic heterocycles. The van der Waals surface area contributed by atoms with Crippen molar-refractivity contribution < 1.29 is 122 Å². The molecular weight excluding hydrogens is 619 g/mol. The number of hydrogen-bond acceptors (Lipinski definition) is 11. The summed E-state index contributed by atoms with van der Waals surface area (Å²) in [6.07, 6.45) is 2.26. The summed E-state index contributed by atoms with van der Waals surface area (Å²) in [5, 5.41) is 5.75. The van der Waals surface area contributed by atoms with Crippen molar-refractivity contribution >= 4 is 53.0 Å². The Labute approximate surface area is 275 Å². The molecule has 1 radical (unpaired) electrons. The van der Waals surface area contributed by atoms with Crippen LogP contribution in [0.3, 0.4) is 0 Å². The number of nitrogen functional groups attached to an aromatic ring is 2. The van der Waals surface area contributed by atoms with E-state index in [0.29, 0.717) is 0 Å². The van der Waals surface area contributed by atoms with Gasteiger partial charge in [-0.15, -0.1) is 0 Å². The van der Waals surface area contributed by atoms with Gasteiger partial charge in [0.15, 0.2) is 0 Å². The zero-order valence-corrected chi connectivity index (χ0v) is 28.0. The van der Waals surface area contributed by atoms with E-state index < -0.39 is 45.1 Å². The summed E-state index contributed by atoms with van der Waals surface area (Å²) in [6.45, 7) is 1.40. The number of nitrogens with two attached hydrogens (primary N) is 3. The van der Waals surface area contributed by atoms with Gasteiger partial charge in [0, 0.05) is 35.5 Å². The quantitative estimate of drug-likeness (QED) is 0.158. The average molecular weight is 636 g/mol. The van der Waals surface area contributed by atoms with Crippen LogP contribution in [0.2, 0.25) is 0 Å². The van der Waals surface area contributed by atoms with Crippen LogP contribution < -0.4 is 76.0 Å². The van der Waals surface area contributed by atoms with Gasteiger partial charge in [-0.3, -0.25) is 5.41 Å². The van der Waals surface area contributed by atoms with E-state index in [1.807, 2.05) is 0 Å². The molecule has 0 saturated carbocycles. The van der Waals surface area contributed by atoms with Crippen LogP contribution in [0, 0.1) is 0 Å². The van der Waals surface area contributed by atoms with Crippen molar-refractivity contribution in [2.45, 2.75) is 16.7 Å². The fourth-order valence-corrected chi connectivity index (χ4v) is 5.39. The molecule has 0 aliphatic heterocycles. The van der Waals surface area contributed by atoms with E-state index in [1.54, 1.807) is 0 Å². The van der Waals surface area contributed by atoms with Gasteiger partial charge in [-0.25, -0.2) is 25.3 Å². The standard InChI is InChI=1S/C20H19N3O9S3.2Na.V/c1-10-6-13(9-18(20(10)23)35(30,31)32)19(11-2-4-14(21)16(7-11)33(24,25)26)12-3-5-15(22)17(8-12)34(27,28)29;;;/h2-9,23H,21-22H2,1H3,(H,24,25,26)(H,27,28,29)(H,30,31,32);;;/q;2*+1;/p-2. The third kappa shape index (κ3) is 8.14. The second-order valence-electron chi connectivity index (χ2n) is 7.45. The minimum Gasteiger partial charge on any atom is -0.744 e. The van der Waals surface area contributed by atoms with Crippen LogP contribution in [-0.4, -0.2) is 44.6 Å². The van der Waals surface area contributed by atoms with E-state index in [1.165, 1.54) is 25.1 Å². The van der Waals surface area contributed by atoms with Crippen LogP contribution in [0.25, 0.3) is 5.57 Å². The van der Waals surface area contributed by atoms with E-state index in [9.17, 15) is 38.9 Å². The molecule has 0 atom stereocenters. The minimum atomic E-state index is -5.07. The van der Waals surface area contributed by atoms with Gasteiger partial charge in [0.1, 0.15) is 35.3 Å². The largest absolute Gasteiger partial charge is 1.00 e. The first-order chi connectivity index (χ1) is 15.9. The minimum absolute atomic E-state index is 0. The van der Waals surface area contributed by atoms with Crippen molar-refractivity contribution in [2.75, 3.05) is 11.5 Å². The molecule has 191 valence electrons. The molecule has 0 bridgehead atoms. The summed E-state index contributed by atoms with van der Waals surface area (Å²) >= 11 is 0. The summed E-state index contributed by atoms with van der Waals surface area (Å²) in [6, 6.07) is 6.53. The Hall–Kier alpha value is -0.756. The Morgan fingerprint density at radius 3 is 1.47 bits per heavy atom. The molecule has 3 rings (SSSR count). The van der Waals surface area contributed by atoms with Gasteiger partial charge >= 0.3 is 59.1 Å². The van der Waals surface area contributed by atoms with E-state index >= 15 is 0 Å². The zero-order valence-electron chi connectivity index (χ0n) is 20.2. The average Bonchev–Trinajstić information content (AvgIpc) is 2.70. The van der Waals surface area contributed by atoms with Crippen molar-refractivity contribution in [1.29, 1.82) is 0 Å². The number of allylic oxidation sites excluding steroid dienone is 5. The summed E-state index contributed by atoms with van der Waals surface area (Å²) < 4.78 is 106. The Balaban J connectivity index is 0.00000456. The van der Waals surface area contributed by atoms with Gasteiger partial charge in [0.2, 0.25) is 5.71 Å². The third-order valence-electron chi connectivity index (χ3n) is 5.05. The molecule has 1 aliphatic rings. The smallest absolute Gasteiger partial charge is 0.744 e. The monoisotopic (exact) mass is 636 g/mol. The number of rotatable bonds is 5. The van der Waals surface area contributed by atoms with Crippen LogP contribution in [0.4, 0.5) is 11.4 Å². The normalized spacial score (nSPS) is 13.8. The Kier molecular flexibility index (Phi) is 13.0. The van der Waals surface area contributed by atoms with Crippen molar-refractivity contribution in [3.63, 3.8) is 0 Å². The van der Waals surface area contributed by atoms with Gasteiger partial charge < -0.3 is 25.1 Å². The molecule has 6 N–H and O–H groups in total. The Bertz CT molecular complexity index is 1640. The van der Waals surface area contributed by atoms with Crippen LogP contribution in [0.1, 0.15) is 18.1 Å². The molecule has 0 saturated heterocycles. The number of anilines is 2. The van der Waals surface area contributed by atoms with E-state index in [2.05, 4.69) is 0 Å². The van der Waals surface area contributed by atoms with Crippen LogP contribution in [-0.2, 0) is 48.9 Å². The van der Waals surface area contributed by atoms with Gasteiger partial charge in [-0.05, 0) is 65.6 Å². The van der Waals surface area contributed by atoms with Crippen molar-refractivity contribution in [2.24, 2.45) is 0 Å². The molecule has 0 amide bonds. The SMILES string of the molecule is CC1=CC(=C(c2ccc(N)c(S(=O)(=O)[O-])c2)c2ccc(N)c(S(=O)(=O)[O-])c2)C=C(S(=O)(=O)[O-])C1=[NH2+].[Na+].[Na+].[V]. The maximum absolute atomic E-state index is 11.8. The van der Waals surface area contributed by atoms with Gasteiger partial charge in [-0.2, -0.15) is 0 Å². The molecule has 0 heterocycles. The van der Waals surface area contributed by atoms with Crippen molar-refractivity contribution in [3.8, 4) is 0 Å². The van der Waals surface area contributed by atoms with E-state index in [0.717, 1.165) is 30.3 Å². The molecule has 12 nitrogen and oxygen atoms in total. The van der Waals surface area contributed by atoms with Gasteiger partial charge in [0.25, 0.3) is 0 Å². The van der Waals surface area contributed by atoms with E-state index in [4.69, 9.17) is 16.9 Å². The molecule has 0 spiro atoms. The first kappa shape index (κ1) is 37.2. The number of hydrogen-bond donors (Lipinski definition) is 3. The first-order valence-corrected chi connectivity index (χ1v) is 13.6. The molecule has 1 aliphatic carbocycles. The second kappa shape index (κ2) is 13.3. The molecule has 2 aromatic carbocycles. The van der Waals surface area contributed by atoms with Crippen LogP contribution in [0.15, 0.2) is 74.4 Å². The zero-order chi connectivity index (χ0) is 26.5. The van der Waals surface area contributed by atoms with Crippen molar-refractivity contribution in [3.05, 3.63) is 75.7 Å². The fraction of sp³-hybridized carbons (Fsp3) is 0.0500. The second-order valence-corrected chi connectivity index (χ2v) is 11.5. The molecule has 0 unspecified atom stereocenters. The van der Waals surface area contributed by atoms with E-state index in [-0.39, 0.29) is 123 Å². The van der Waals surface area contributed by atoms with Gasteiger partial charge in [0.05, 0.1) is 9.79 Å². The summed E-state index contributed by atoms with van der Waals surface area (Å²) in [5.41, 5.74) is 10.2. The molecule has 38 heavy (non-hydrogen) atoms. The predicted octanol–water partition coefficient (Wildman–Crippen LogP) is -6.94. The molecule has 2 aromatic rings. The predicted molar refractivity (Wildman–Crippen MR) is 122 cm³/mol. The molecule has 0 fully saturated rings. The molecule has 18 heteroatoms. The summed E-state index contributed by atoms with van der Waals surface area (Å²) in [4.78, 5) is -2.39. The fourth-order valence-electron chi connectivity index (χ4n) is 3.43. The van der Waals surface area contributed by atoms with Gasteiger partial charge in [-0.1, -0.05) is 12.1 Å². The first-order valence-electron chi connectivity index (χ1n) is 9.36. The van der Waals surface area contributed by atoms with Crippen LogP contribution in [0.5, 0.6) is 0 Å². The maximum Gasteiger partial charge on any atom is 1.00 e. The molecular formula is C20H17N3Na2O9S3V. The summed E-state index contributed by atoms with van der Waals surface area (Å²) in [5.74, 6) is 0. The third-order valence-corrected chi connectivity index (χ3v) is 7.71. The maximum atomic E-state index is 11.8. The topological polar surface area (TPSA) is 249 Å².